The molecular weight excluding hydrogens is 246 g/mol. The van der Waals surface area contributed by atoms with E-state index in [9.17, 15) is 0 Å². The van der Waals surface area contributed by atoms with Crippen LogP contribution in [0.1, 0.15) is 53.4 Å². The summed E-state index contributed by atoms with van der Waals surface area (Å²) in [5.74, 6) is 0.902. The van der Waals surface area contributed by atoms with Gasteiger partial charge >= 0.3 is 0 Å². The summed E-state index contributed by atoms with van der Waals surface area (Å²) in [4.78, 5) is 5.07. The van der Waals surface area contributed by atoms with E-state index < -0.39 is 0 Å². The molecule has 0 spiro atoms. The van der Waals surface area contributed by atoms with Gasteiger partial charge in [-0.25, -0.2) is 0 Å². The first-order valence-corrected chi connectivity index (χ1v) is 8.45. The van der Waals surface area contributed by atoms with Crippen LogP contribution in [0.2, 0.25) is 0 Å². The van der Waals surface area contributed by atoms with Crippen molar-refractivity contribution in [2.24, 2.45) is 5.92 Å². The predicted octanol–water partition coefficient (Wildman–Crippen LogP) is 2.82. The Bertz CT molecular complexity index is 249. The number of piperidine rings is 1. The maximum Gasteiger partial charge on any atom is 0.0220 e. The molecular formula is C17H37N3. The highest BCUT2D eigenvalue weighted by atomic mass is 15.2. The highest BCUT2D eigenvalue weighted by Gasteiger charge is 2.25. The average molecular weight is 284 g/mol. The summed E-state index contributed by atoms with van der Waals surface area (Å²) < 4.78 is 0. The van der Waals surface area contributed by atoms with Crippen molar-refractivity contribution in [1.29, 1.82) is 0 Å². The molecule has 3 heteroatoms. The van der Waals surface area contributed by atoms with E-state index in [4.69, 9.17) is 0 Å². The molecule has 1 aliphatic heterocycles. The van der Waals surface area contributed by atoms with Crippen molar-refractivity contribution in [3.05, 3.63) is 0 Å². The third-order valence-corrected chi connectivity index (χ3v) is 4.28. The van der Waals surface area contributed by atoms with Gasteiger partial charge in [0.25, 0.3) is 0 Å². The second-order valence-electron chi connectivity index (χ2n) is 7.81. The lowest BCUT2D eigenvalue weighted by molar-refractivity contribution is 0.109. The Morgan fingerprint density at radius 3 is 2.25 bits per heavy atom. The molecule has 1 aliphatic rings. The Hall–Kier alpha value is -0.120. The Morgan fingerprint density at radius 2 is 1.80 bits per heavy atom. The molecule has 0 aromatic rings. The molecule has 1 N–H and O–H groups in total. The molecule has 1 unspecified atom stereocenters. The van der Waals surface area contributed by atoms with Gasteiger partial charge in [-0.2, -0.15) is 0 Å². The molecule has 1 fully saturated rings. The molecule has 0 aromatic heterocycles. The van der Waals surface area contributed by atoms with Gasteiger partial charge < -0.3 is 10.2 Å². The van der Waals surface area contributed by atoms with E-state index in [0.717, 1.165) is 18.5 Å². The molecule has 3 nitrogen and oxygen atoms in total. The molecule has 1 atom stereocenters. The smallest absolute Gasteiger partial charge is 0.0220 e. The lowest BCUT2D eigenvalue weighted by Gasteiger charge is -2.39. The van der Waals surface area contributed by atoms with Gasteiger partial charge in [-0.3, -0.25) is 4.90 Å². The van der Waals surface area contributed by atoms with Crippen LogP contribution in [0.3, 0.4) is 0 Å². The normalized spacial score (nSPS) is 20.6. The lowest BCUT2D eigenvalue weighted by atomic mass is 9.94. The maximum absolute atomic E-state index is 3.70. The van der Waals surface area contributed by atoms with Crippen molar-refractivity contribution in [3.8, 4) is 0 Å². The topological polar surface area (TPSA) is 18.5 Å². The van der Waals surface area contributed by atoms with Crippen LogP contribution in [0.25, 0.3) is 0 Å². The predicted molar refractivity (Wildman–Crippen MR) is 89.3 cm³/mol. The zero-order chi connectivity index (χ0) is 15.2. The summed E-state index contributed by atoms with van der Waals surface area (Å²) in [7, 11) is 4.39. The zero-order valence-corrected chi connectivity index (χ0v) is 14.7. The van der Waals surface area contributed by atoms with Gasteiger partial charge in [0.05, 0.1) is 0 Å². The molecule has 1 rings (SSSR count). The Balaban J connectivity index is 2.41. The van der Waals surface area contributed by atoms with Crippen molar-refractivity contribution >= 4 is 0 Å². The quantitative estimate of drug-likeness (QED) is 0.775. The fourth-order valence-corrected chi connectivity index (χ4v) is 3.19. The van der Waals surface area contributed by atoms with Gasteiger partial charge in [-0.1, -0.05) is 13.3 Å². The molecule has 0 aromatic carbocycles. The second-order valence-corrected chi connectivity index (χ2v) is 7.81. The molecule has 0 bridgehead atoms. The fourth-order valence-electron chi connectivity index (χ4n) is 3.19. The van der Waals surface area contributed by atoms with Crippen LogP contribution in [0, 0.1) is 5.92 Å². The van der Waals surface area contributed by atoms with Crippen LogP contribution in [0.15, 0.2) is 0 Å². The SMILES string of the molecule is CCCC(CNC(C)(C)C)N1CCC(CN(C)C)CC1. The van der Waals surface area contributed by atoms with E-state index in [2.05, 4.69) is 56.9 Å². The first-order chi connectivity index (χ1) is 9.31. The van der Waals surface area contributed by atoms with E-state index >= 15 is 0 Å². The highest BCUT2D eigenvalue weighted by molar-refractivity contribution is 4.83. The van der Waals surface area contributed by atoms with E-state index in [1.807, 2.05) is 0 Å². The zero-order valence-electron chi connectivity index (χ0n) is 14.7. The molecule has 20 heavy (non-hydrogen) atoms. The summed E-state index contributed by atoms with van der Waals surface area (Å²) in [6.07, 6.45) is 5.34. The van der Waals surface area contributed by atoms with Crippen LogP contribution in [0.5, 0.6) is 0 Å². The van der Waals surface area contributed by atoms with Gasteiger partial charge in [-0.15, -0.1) is 0 Å². The lowest BCUT2D eigenvalue weighted by Crippen LogP contribution is -2.50. The van der Waals surface area contributed by atoms with Crippen molar-refractivity contribution < 1.29 is 0 Å². The van der Waals surface area contributed by atoms with Gasteiger partial charge in [0.2, 0.25) is 0 Å². The van der Waals surface area contributed by atoms with Gasteiger partial charge in [0.1, 0.15) is 0 Å². The molecule has 120 valence electrons. The van der Waals surface area contributed by atoms with Crippen molar-refractivity contribution in [1.82, 2.24) is 15.1 Å². The van der Waals surface area contributed by atoms with Crippen LogP contribution >= 0.6 is 0 Å². The minimum atomic E-state index is 0.231. The fraction of sp³-hybridized carbons (Fsp3) is 1.00. The number of nitrogens with one attached hydrogen (secondary N) is 1. The molecule has 0 aliphatic carbocycles. The van der Waals surface area contributed by atoms with Crippen LogP contribution in [-0.4, -0.2) is 61.7 Å². The van der Waals surface area contributed by atoms with E-state index in [-0.39, 0.29) is 5.54 Å². The summed E-state index contributed by atoms with van der Waals surface area (Å²) >= 11 is 0. The van der Waals surface area contributed by atoms with E-state index in [1.54, 1.807) is 0 Å². The largest absolute Gasteiger partial charge is 0.311 e. The molecule has 1 saturated heterocycles. The van der Waals surface area contributed by atoms with Crippen molar-refractivity contribution in [2.45, 2.75) is 65.0 Å². The molecule has 0 amide bonds. The van der Waals surface area contributed by atoms with Gasteiger partial charge in [-0.05, 0) is 73.1 Å². The highest BCUT2D eigenvalue weighted by Crippen LogP contribution is 2.21. The van der Waals surface area contributed by atoms with Crippen LogP contribution < -0.4 is 5.32 Å². The van der Waals surface area contributed by atoms with E-state index in [1.165, 1.54) is 45.3 Å². The Labute approximate surface area is 127 Å². The van der Waals surface area contributed by atoms with Gasteiger partial charge in [0.15, 0.2) is 0 Å². The summed E-state index contributed by atoms with van der Waals surface area (Å²) in [5.41, 5.74) is 0.231. The number of rotatable bonds is 7. The van der Waals surface area contributed by atoms with Gasteiger partial charge in [0, 0.05) is 24.7 Å². The molecule has 0 radical (unpaired) electrons. The van der Waals surface area contributed by atoms with Crippen LogP contribution in [-0.2, 0) is 0 Å². The number of likely N-dealkylation sites (tertiary alicyclic amines) is 1. The van der Waals surface area contributed by atoms with Crippen LogP contribution in [0.4, 0.5) is 0 Å². The standard InChI is InChI=1S/C17H37N3/c1-7-8-16(13-18-17(2,3)4)20-11-9-15(10-12-20)14-19(5)6/h15-16,18H,7-14H2,1-6H3. The number of hydrogen-bond donors (Lipinski definition) is 1. The maximum atomic E-state index is 3.70. The first kappa shape index (κ1) is 17.9. The monoisotopic (exact) mass is 283 g/mol. The summed E-state index contributed by atoms with van der Waals surface area (Å²) in [6, 6.07) is 0.722. The average Bonchev–Trinajstić information content (AvgIpc) is 2.34. The Kier molecular flexibility index (Phi) is 7.49. The van der Waals surface area contributed by atoms with E-state index in [0.29, 0.717) is 0 Å². The molecule has 1 heterocycles. The number of hydrogen-bond acceptors (Lipinski definition) is 3. The Morgan fingerprint density at radius 1 is 1.20 bits per heavy atom. The third kappa shape index (κ3) is 7.05. The minimum Gasteiger partial charge on any atom is -0.311 e. The van der Waals surface area contributed by atoms with Crippen molar-refractivity contribution in [2.75, 3.05) is 40.3 Å². The third-order valence-electron chi connectivity index (χ3n) is 4.28. The number of nitrogens with zero attached hydrogens (tertiary/aromatic N) is 2. The minimum absolute atomic E-state index is 0.231. The molecule has 0 saturated carbocycles. The summed E-state index contributed by atoms with van der Waals surface area (Å²) in [6.45, 7) is 14.1. The second kappa shape index (κ2) is 8.35. The summed E-state index contributed by atoms with van der Waals surface area (Å²) in [5, 5.41) is 3.70. The van der Waals surface area contributed by atoms with Crippen molar-refractivity contribution in [3.63, 3.8) is 0 Å². The first-order valence-electron chi connectivity index (χ1n) is 8.45.